The number of aldehydes is 1. The van der Waals surface area contributed by atoms with Crippen molar-refractivity contribution in [3.8, 4) is 0 Å². The van der Waals surface area contributed by atoms with Crippen LogP contribution in [0.1, 0.15) is 32.1 Å². The van der Waals surface area contributed by atoms with Gasteiger partial charge >= 0.3 is 0 Å². The molecule has 0 radical (unpaired) electrons. The van der Waals surface area contributed by atoms with E-state index in [4.69, 9.17) is 22.9 Å². The molecule has 0 bridgehead atoms. The highest BCUT2D eigenvalue weighted by atomic mass is 16.2. The first-order chi connectivity index (χ1) is 12.1. The zero-order valence-electron chi connectivity index (χ0n) is 14.1. The zero-order chi connectivity index (χ0) is 20.3. The average Bonchev–Trinajstić information content (AvgIpc) is 2.54. The summed E-state index contributed by atoms with van der Waals surface area (Å²) in [6.45, 7) is 0. The molecule has 5 amide bonds. The molecule has 0 rings (SSSR count). The van der Waals surface area contributed by atoms with Gasteiger partial charge in [0.15, 0.2) is 0 Å². The Labute approximate surface area is 149 Å². The first-order valence-corrected chi connectivity index (χ1v) is 7.73. The highest BCUT2D eigenvalue weighted by Crippen LogP contribution is 2.00. The third-order valence-corrected chi connectivity index (χ3v) is 3.27. The standard InChI is InChI=1S/C14H24N6O6/c15-8(2-4-11(17)23)13(25)20-9(5-12(18)24)14(26)19-7(6-21)1-3-10(16)22/h6-9H,1-5,15H2,(H2,16,22)(H2,17,23)(H2,18,24)(H,19,26)(H,20,25)/t7-,8-,9-/m0/s1. The van der Waals surface area contributed by atoms with Crippen LogP contribution in [0.4, 0.5) is 0 Å². The van der Waals surface area contributed by atoms with Crippen molar-refractivity contribution in [1.82, 2.24) is 10.6 Å². The quantitative estimate of drug-likeness (QED) is 0.175. The molecular weight excluding hydrogens is 348 g/mol. The fourth-order valence-corrected chi connectivity index (χ4v) is 1.87. The summed E-state index contributed by atoms with van der Waals surface area (Å²) in [4.78, 5) is 67.7. The molecule has 12 nitrogen and oxygen atoms in total. The number of amides is 5. The molecule has 0 saturated heterocycles. The second-order valence-corrected chi connectivity index (χ2v) is 5.60. The van der Waals surface area contributed by atoms with Crippen LogP contribution in [0.15, 0.2) is 0 Å². The molecule has 3 atom stereocenters. The van der Waals surface area contributed by atoms with Crippen LogP contribution >= 0.6 is 0 Å². The van der Waals surface area contributed by atoms with Gasteiger partial charge < -0.3 is 38.4 Å². The number of rotatable bonds is 13. The molecule has 0 spiro atoms. The van der Waals surface area contributed by atoms with Crippen molar-refractivity contribution in [3.05, 3.63) is 0 Å². The first-order valence-electron chi connectivity index (χ1n) is 7.73. The molecule has 26 heavy (non-hydrogen) atoms. The van der Waals surface area contributed by atoms with E-state index in [-0.39, 0.29) is 25.7 Å². The Morgan fingerprint density at radius 3 is 1.81 bits per heavy atom. The van der Waals surface area contributed by atoms with Crippen LogP contribution in [0.2, 0.25) is 0 Å². The van der Waals surface area contributed by atoms with Crippen LogP contribution < -0.4 is 33.6 Å². The first kappa shape index (κ1) is 23.0. The lowest BCUT2D eigenvalue weighted by atomic mass is 10.1. The number of nitrogens with two attached hydrogens (primary N) is 4. The molecule has 146 valence electrons. The lowest BCUT2D eigenvalue weighted by Crippen LogP contribution is -2.54. The number of hydrogen-bond donors (Lipinski definition) is 6. The molecule has 0 aliphatic carbocycles. The van der Waals surface area contributed by atoms with Crippen LogP contribution in [-0.2, 0) is 28.8 Å². The van der Waals surface area contributed by atoms with E-state index in [1.165, 1.54) is 0 Å². The number of primary amides is 3. The summed E-state index contributed by atoms with van der Waals surface area (Å²) in [6.07, 6.45) is -0.526. The molecule has 0 aromatic carbocycles. The van der Waals surface area contributed by atoms with Crippen LogP contribution in [0.25, 0.3) is 0 Å². The minimum Gasteiger partial charge on any atom is -0.370 e. The van der Waals surface area contributed by atoms with E-state index in [2.05, 4.69) is 10.6 Å². The molecule has 0 heterocycles. The highest BCUT2D eigenvalue weighted by Gasteiger charge is 2.27. The predicted molar refractivity (Wildman–Crippen MR) is 88.6 cm³/mol. The smallest absolute Gasteiger partial charge is 0.243 e. The van der Waals surface area contributed by atoms with Gasteiger partial charge in [-0.1, -0.05) is 0 Å². The van der Waals surface area contributed by atoms with E-state index in [1.807, 2.05) is 0 Å². The van der Waals surface area contributed by atoms with E-state index in [0.29, 0.717) is 6.29 Å². The maximum Gasteiger partial charge on any atom is 0.243 e. The van der Waals surface area contributed by atoms with Gasteiger partial charge in [-0.3, -0.25) is 24.0 Å². The monoisotopic (exact) mass is 372 g/mol. The number of hydrogen-bond acceptors (Lipinski definition) is 7. The highest BCUT2D eigenvalue weighted by molar-refractivity contribution is 5.94. The van der Waals surface area contributed by atoms with Crippen molar-refractivity contribution < 1.29 is 28.8 Å². The summed E-state index contributed by atoms with van der Waals surface area (Å²) in [5, 5.41) is 4.50. The maximum absolute atomic E-state index is 12.2. The zero-order valence-corrected chi connectivity index (χ0v) is 14.1. The van der Waals surface area contributed by atoms with Crippen molar-refractivity contribution in [3.63, 3.8) is 0 Å². The molecule has 0 aliphatic rings. The normalized spacial score (nSPS) is 13.7. The number of carbonyl (C=O) groups is 6. The van der Waals surface area contributed by atoms with Gasteiger partial charge in [-0.15, -0.1) is 0 Å². The Bertz CT molecular complexity index is 566. The SMILES string of the molecule is NC(=O)CC[C@@H](C=O)NC(=O)[C@H](CC(N)=O)NC(=O)[C@@H](N)CCC(N)=O. The van der Waals surface area contributed by atoms with Gasteiger partial charge in [0, 0.05) is 12.8 Å². The van der Waals surface area contributed by atoms with Gasteiger partial charge in [0.05, 0.1) is 18.5 Å². The molecule has 0 fully saturated rings. The second-order valence-electron chi connectivity index (χ2n) is 5.60. The van der Waals surface area contributed by atoms with E-state index < -0.39 is 54.1 Å². The van der Waals surface area contributed by atoms with Gasteiger partial charge in [-0.2, -0.15) is 0 Å². The lowest BCUT2D eigenvalue weighted by Gasteiger charge is -2.21. The third kappa shape index (κ3) is 9.97. The Morgan fingerprint density at radius 2 is 1.35 bits per heavy atom. The molecule has 0 unspecified atom stereocenters. The Balaban J connectivity index is 4.89. The molecule has 10 N–H and O–H groups in total. The van der Waals surface area contributed by atoms with Crippen molar-refractivity contribution in [2.45, 2.75) is 50.2 Å². The van der Waals surface area contributed by atoms with Crippen LogP contribution in [0.3, 0.4) is 0 Å². The Morgan fingerprint density at radius 1 is 0.808 bits per heavy atom. The van der Waals surface area contributed by atoms with Gasteiger partial charge in [-0.05, 0) is 12.8 Å². The van der Waals surface area contributed by atoms with Crippen LogP contribution in [-0.4, -0.2) is 53.9 Å². The summed E-state index contributed by atoms with van der Waals surface area (Å²) < 4.78 is 0. The number of carbonyl (C=O) groups excluding carboxylic acids is 6. The van der Waals surface area contributed by atoms with Crippen molar-refractivity contribution in [1.29, 1.82) is 0 Å². The van der Waals surface area contributed by atoms with Gasteiger partial charge in [0.1, 0.15) is 12.3 Å². The molecular formula is C14H24N6O6. The molecule has 0 saturated carbocycles. The summed E-state index contributed by atoms with van der Waals surface area (Å²) in [5.74, 6) is -3.85. The summed E-state index contributed by atoms with van der Waals surface area (Å²) in [7, 11) is 0. The molecule has 0 aromatic rings. The van der Waals surface area contributed by atoms with Gasteiger partial charge in [0.25, 0.3) is 0 Å². The van der Waals surface area contributed by atoms with Gasteiger partial charge in [-0.25, -0.2) is 0 Å². The fourth-order valence-electron chi connectivity index (χ4n) is 1.87. The third-order valence-electron chi connectivity index (χ3n) is 3.27. The molecule has 12 heteroatoms. The predicted octanol–water partition coefficient (Wildman–Crippen LogP) is -4.11. The summed E-state index contributed by atoms with van der Waals surface area (Å²) >= 11 is 0. The fraction of sp³-hybridized carbons (Fsp3) is 0.571. The van der Waals surface area contributed by atoms with E-state index in [9.17, 15) is 28.8 Å². The van der Waals surface area contributed by atoms with E-state index in [0.717, 1.165) is 0 Å². The summed E-state index contributed by atoms with van der Waals surface area (Å²) in [6, 6.07) is -3.55. The lowest BCUT2D eigenvalue weighted by molar-refractivity contribution is -0.132. The largest absolute Gasteiger partial charge is 0.370 e. The Kier molecular flexibility index (Phi) is 10.2. The minimum absolute atomic E-state index is 0.0417. The van der Waals surface area contributed by atoms with Crippen LogP contribution in [0, 0.1) is 0 Å². The topological polar surface area (TPSA) is 231 Å². The van der Waals surface area contributed by atoms with E-state index >= 15 is 0 Å². The van der Waals surface area contributed by atoms with Crippen molar-refractivity contribution in [2.75, 3.05) is 0 Å². The summed E-state index contributed by atoms with van der Waals surface area (Å²) in [5.41, 5.74) is 20.6. The second kappa shape index (κ2) is 11.5. The Hall–Kier alpha value is -3.02. The van der Waals surface area contributed by atoms with Crippen molar-refractivity contribution >= 4 is 35.8 Å². The average molecular weight is 372 g/mol. The van der Waals surface area contributed by atoms with Crippen molar-refractivity contribution in [2.24, 2.45) is 22.9 Å². The van der Waals surface area contributed by atoms with Gasteiger partial charge in [0.2, 0.25) is 29.5 Å². The van der Waals surface area contributed by atoms with E-state index in [1.54, 1.807) is 0 Å². The van der Waals surface area contributed by atoms with Crippen LogP contribution in [0.5, 0.6) is 0 Å². The molecule has 0 aliphatic heterocycles. The minimum atomic E-state index is -1.38. The number of nitrogens with one attached hydrogen (secondary N) is 2. The molecule has 0 aromatic heterocycles. The maximum atomic E-state index is 12.2.